The lowest BCUT2D eigenvalue weighted by atomic mass is 9.81. The van der Waals surface area contributed by atoms with Gasteiger partial charge < -0.3 is 15.2 Å². The number of nitrogens with two attached hydrogens (primary N) is 1. The molecule has 0 spiro atoms. The molecule has 0 atom stereocenters. The number of benzene rings is 1. The van der Waals surface area contributed by atoms with Crippen LogP contribution >= 0.6 is 0 Å². The van der Waals surface area contributed by atoms with Crippen molar-refractivity contribution in [2.45, 2.75) is 12.8 Å². The van der Waals surface area contributed by atoms with E-state index < -0.39 is 0 Å². The van der Waals surface area contributed by atoms with E-state index in [1.807, 2.05) is 30.5 Å². The number of pyridine rings is 1. The van der Waals surface area contributed by atoms with Crippen LogP contribution in [-0.2, 0) is 4.74 Å². The zero-order valence-electron chi connectivity index (χ0n) is 12.7. The number of ether oxygens (including phenoxy) is 2. The van der Waals surface area contributed by atoms with Crippen LogP contribution in [0, 0.1) is 5.41 Å². The third-order valence-electron chi connectivity index (χ3n) is 4.38. The predicted octanol–water partition coefficient (Wildman–Crippen LogP) is 2.88. The first-order valence-corrected chi connectivity index (χ1v) is 7.72. The van der Waals surface area contributed by atoms with Crippen LogP contribution in [0.5, 0.6) is 5.75 Å². The average molecular weight is 298 g/mol. The summed E-state index contributed by atoms with van der Waals surface area (Å²) in [5.74, 6) is 0.881. The summed E-state index contributed by atoms with van der Waals surface area (Å²) >= 11 is 0. The van der Waals surface area contributed by atoms with Crippen LogP contribution in [0.25, 0.3) is 11.1 Å². The first-order valence-electron chi connectivity index (χ1n) is 7.72. The fourth-order valence-corrected chi connectivity index (χ4v) is 2.73. The smallest absolute Gasteiger partial charge is 0.119 e. The van der Waals surface area contributed by atoms with E-state index in [0.717, 1.165) is 42.9 Å². The Kier molecular flexibility index (Phi) is 4.71. The number of hydrogen-bond acceptors (Lipinski definition) is 4. The Labute approximate surface area is 131 Å². The van der Waals surface area contributed by atoms with Crippen molar-refractivity contribution in [2.24, 2.45) is 11.1 Å². The summed E-state index contributed by atoms with van der Waals surface area (Å²) < 4.78 is 11.4. The van der Waals surface area contributed by atoms with Crippen molar-refractivity contribution in [3.63, 3.8) is 0 Å². The normalized spacial score (nSPS) is 17.1. The van der Waals surface area contributed by atoms with Crippen molar-refractivity contribution in [3.8, 4) is 16.9 Å². The van der Waals surface area contributed by atoms with Crippen LogP contribution in [0.2, 0.25) is 0 Å². The monoisotopic (exact) mass is 298 g/mol. The zero-order chi connectivity index (χ0) is 15.3. The van der Waals surface area contributed by atoms with Crippen LogP contribution in [0.3, 0.4) is 0 Å². The Morgan fingerprint density at radius 3 is 2.50 bits per heavy atom. The van der Waals surface area contributed by atoms with Gasteiger partial charge in [0.05, 0.1) is 6.61 Å². The second-order valence-corrected chi connectivity index (χ2v) is 5.87. The molecule has 1 fully saturated rings. The molecule has 4 heteroatoms. The zero-order valence-corrected chi connectivity index (χ0v) is 12.7. The van der Waals surface area contributed by atoms with Gasteiger partial charge >= 0.3 is 0 Å². The van der Waals surface area contributed by atoms with Gasteiger partial charge in [-0.25, -0.2) is 0 Å². The molecule has 1 saturated heterocycles. The maximum absolute atomic E-state index is 5.98. The predicted molar refractivity (Wildman–Crippen MR) is 86.7 cm³/mol. The molecule has 0 saturated carbocycles. The summed E-state index contributed by atoms with van der Waals surface area (Å²) in [6, 6.07) is 12.1. The molecule has 0 radical (unpaired) electrons. The van der Waals surface area contributed by atoms with Gasteiger partial charge in [0, 0.05) is 37.6 Å². The number of aromatic nitrogens is 1. The minimum absolute atomic E-state index is 0.0558. The Balaban J connectivity index is 1.64. The maximum Gasteiger partial charge on any atom is 0.119 e. The van der Waals surface area contributed by atoms with Gasteiger partial charge in [0.2, 0.25) is 0 Å². The molecule has 0 amide bonds. The summed E-state index contributed by atoms with van der Waals surface area (Å²) in [6.45, 7) is 2.85. The van der Waals surface area contributed by atoms with Gasteiger partial charge in [0.25, 0.3) is 0 Å². The molecule has 2 aromatic rings. The lowest BCUT2D eigenvalue weighted by molar-refractivity contribution is -0.00498. The van der Waals surface area contributed by atoms with Gasteiger partial charge in [0.15, 0.2) is 0 Å². The van der Waals surface area contributed by atoms with Gasteiger partial charge in [-0.15, -0.1) is 0 Å². The van der Waals surface area contributed by atoms with Gasteiger partial charge in [-0.3, -0.25) is 4.98 Å². The van der Waals surface area contributed by atoms with Crippen molar-refractivity contribution in [2.75, 3.05) is 26.4 Å². The minimum Gasteiger partial charge on any atom is -0.493 e. The van der Waals surface area contributed by atoms with E-state index in [4.69, 9.17) is 15.2 Å². The fourth-order valence-electron chi connectivity index (χ4n) is 2.73. The van der Waals surface area contributed by atoms with Crippen LogP contribution in [-0.4, -0.2) is 31.3 Å². The molecule has 1 aliphatic rings. The van der Waals surface area contributed by atoms with Crippen LogP contribution in [0.15, 0.2) is 48.8 Å². The molecule has 116 valence electrons. The van der Waals surface area contributed by atoms with Crippen molar-refractivity contribution in [1.82, 2.24) is 4.98 Å². The Morgan fingerprint density at radius 2 is 1.86 bits per heavy atom. The van der Waals surface area contributed by atoms with Crippen molar-refractivity contribution in [3.05, 3.63) is 48.8 Å². The van der Waals surface area contributed by atoms with Gasteiger partial charge in [-0.2, -0.15) is 0 Å². The topological polar surface area (TPSA) is 57.4 Å². The summed E-state index contributed by atoms with van der Waals surface area (Å²) in [7, 11) is 0. The second kappa shape index (κ2) is 6.90. The molecule has 22 heavy (non-hydrogen) atoms. The van der Waals surface area contributed by atoms with Crippen molar-refractivity contribution < 1.29 is 9.47 Å². The van der Waals surface area contributed by atoms with Crippen LogP contribution in [0.1, 0.15) is 12.8 Å². The summed E-state index contributed by atoms with van der Waals surface area (Å²) in [5, 5.41) is 0. The molecule has 1 aromatic heterocycles. The molecule has 2 N–H and O–H groups in total. The fraction of sp³-hybridized carbons (Fsp3) is 0.389. The molecule has 2 heterocycles. The highest BCUT2D eigenvalue weighted by Crippen LogP contribution is 2.30. The largest absolute Gasteiger partial charge is 0.493 e. The molecule has 0 unspecified atom stereocenters. The lowest BCUT2D eigenvalue weighted by Crippen LogP contribution is -2.41. The Bertz CT molecular complexity index is 578. The standard InChI is InChI=1S/C18H22N2O2/c19-13-18(7-10-21-11-8-18)14-22-17-5-3-15(4-6-17)16-2-1-9-20-12-16/h1-6,9,12H,7-8,10-11,13-14,19H2. The van der Waals surface area contributed by atoms with Crippen molar-refractivity contribution >= 4 is 0 Å². The minimum atomic E-state index is 0.0558. The van der Waals surface area contributed by atoms with Crippen molar-refractivity contribution in [1.29, 1.82) is 0 Å². The number of hydrogen-bond donors (Lipinski definition) is 1. The van der Waals surface area contributed by atoms with Crippen LogP contribution in [0.4, 0.5) is 0 Å². The van der Waals surface area contributed by atoms with Crippen LogP contribution < -0.4 is 10.5 Å². The molecular weight excluding hydrogens is 276 g/mol. The molecule has 4 nitrogen and oxygen atoms in total. The number of nitrogens with zero attached hydrogens (tertiary/aromatic N) is 1. The summed E-state index contributed by atoms with van der Waals surface area (Å²) in [6.07, 6.45) is 5.58. The third kappa shape index (κ3) is 3.46. The third-order valence-corrected chi connectivity index (χ3v) is 4.38. The Morgan fingerprint density at radius 1 is 1.09 bits per heavy atom. The molecule has 1 aromatic carbocycles. The molecule has 1 aliphatic heterocycles. The quantitative estimate of drug-likeness (QED) is 0.922. The molecule has 0 aliphatic carbocycles. The highest BCUT2D eigenvalue weighted by molar-refractivity contribution is 5.62. The lowest BCUT2D eigenvalue weighted by Gasteiger charge is -2.35. The van der Waals surface area contributed by atoms with E-state index in [1.54, 1.807) is 6.20 Å². The molecular formula is C18H22N2O2. The highest BCUT2D eigenvalue weighted by Gasteiger charge is 2.32. The van der Waals surface area contributed by atoms with E-state index in [2.05, 4.69) is 17.1 Å². The van der Waals surface area contributed by atoms with E-state index in [-0.39, 0.29) is 5.41 Å². The second-order valence-electron chi connectivity index (χ2n) is 5.87. The molecule has 3 rings (SSSR count). The SMILES string of the molecule is NCC1(COc2ccc(-c3cccnc3)cc2)CCOCC1. The first kappa shape index (κ1) is 15.0. The van der Waals surface area contributed by atoms with E-state index in [1.165, 1.54) is 0 Å². The highest BCUT2D eigenvalue weighted by atomic mass is 16.5. The molecule has 0 bridgehead atoms. The summed E-state index contributed by atoms with van der Waals surface area (Å²) in [4.78, 5) is 4.14. The van der Waals surface area contributed by atoms with E-state index >= 15 is 0 Å². The van der Waals surface area contributed by atoms with E-state index in [9.17, 15) is 0 Å². The number of rotatable bonds is 5. The van der Waals surface area contributed by atoms with Gasteiger partial charge in [0.1, 0.15) is 5.75 Å². The summed E-state index contributed by atoms with van der Waals surface area (Å²) in [5.41, 5.74) is 8.26. The maximum atomic E-state index is 5.98. The van der Waals surface area contributed by atoms with Gasteiger partial charge in [-0.05, 0) is 42.2 Å². The van der Waals surface area contributed by atoms with E-state index in [0.29, 0.717) is 13.2 Å². The average Bonchev–Trinajstić information content (AvgIpc) is 2.62. The Hall–Kier alpha value is -1.91. The first-order chi connectivity index (χ1) is 10.8. The van der Waals surface area contributed by atoms with Gasteiger partial charge in [-0.1, -0.05) is 18.2 Å².